The maximum absolute atomic E-state index is 12.2. The molecule has 0 bridgehead atoms. The Morgan fingerprint density at radius 2 is 1.72 bits per heavy atom. The molecule has 0 radical (unpaired) electrons. The normalized spacial score (nSPS) is 11.1. The largest absolute Gasteiger partial charge is 0.483 e. The molecule has 1 heterocycles. The van der Waals surface area contributed by atoms with Gasteiger partial charge in [-0.2, -0.15) is 5.10 Å². The van der Waals surface area contributed by atoms with Gasteiger partial charge in [-0.3, -0.25) is 4.79 Å². The van der Waals surface area contributed by atoms with Crippen molar-refractivity contribution < 1.29 is 9.53 Å². The number of aromatic nitrogens is 1. The van der Waals surface area contributed by atoms with E-state index in [2.05, 4.69) is 15.5 Å². The van der Waals surface area contributed by atoms with Crippen molar-refractivity contribution in [1.82, 2.24) is 10.4 Å². The van der Waals surface area contributed by atoms with Crippen molar-refractivity contribution in [2.45, 2.75) is 6.92 Å². The average molecular weight is 383 g/mol. The first kappa shape index (κ1) is 18.5. The van der Waals surface area contributed by atoms with Gasteiger partial charge in [-0.15, -0.1) is 0 Å². The predicted molar refractivity (Wildman–Crippen MR) is 116 cm³/mol. The molecule has 0 fully saturated rings. The molecule has 29 heavy (non-hydrogen) atoms. The first-order chi connectivity index (χ1) is 14.2. The van der Waals surface area contributed by atoms with Gasteiger partial charge in [0.2, 0.25) is 0 Å². The number of hydrazone groups is 1. The SMILES string of the molecule is Cc1[nH]c2ccccc2c1/C=N/NC(=O)COc1ccccc1-c1ccccc1. The highest BCUT2D eigenvalue weighted by atomic mass is 16.5. The number of hydrogen-bond acceptors (Lipinski definition) is 3. The Morgan fingerprint density at radius 1 is 1.00 bits per heavy atom. The van der Waals surface area contributed by atoms with Gasteiger partial charge in [0.25, 0.3) is 5.91 Å². The smallest absolute Gasteiger partial charge is 0.277 e. The number of nitrogens with one attached hydrogen (secondary N) is 2. The lowest BCUT2D eigenvalue weighted by molar-refractivity contribution is -0.123. The summed E-state index contributed by atoms with van der Waals surface area (Å²) in [5.41, 5.74) is 7.51. The van der Waals surface area contributed by atoms with Crippen molar-refractivity contribution in [2.75, 3.05) is 6.61 Å². The molecule has 1 aromatic heterocycles. The summed E-state index contributed by atoms with van der Waals surface area (Å²) in [7, 11) is 0. The second-order valence-corrected chi connectivity index (χ2v) is 6.65. The van der Waals surface area contributed by atoms with E-state index in [4.69, 9.17) is 4.74 Å². The second-order valence-electron chi connectivity index (χ2n) is 6.65. The number of amides is 1. The summed E-state index contributed by atoms with van der Waals surface area (Å²) in [6, 6.07) is 25.6. The molecule has 5 nitrogen and oxygen atoms in total. The van der Waals surface area contributed by atoms with Gasteiger partial charge in [0.15, 0.2) is 6.61 Å². The summed E-state index contributed by atoms with van der Waals surface area (Å²) in [6.45, 7) is 1.86. The number of aryl methyl sites for hydroxylation is 1. The third kappa shape index (κ3) is 4.19. The molecule has 0 aliphatic carbocycles. The van der Waals surface area contributed by atoms with Crippen LogP contribution >= 0.6 is 0 Å². The molecule has 0 atom stereocenters. The summed E-state index contributed by atoms with van der Waals surface area (Å²) in [5, 5.41) is 5.16. The maximum Gasteiger partial charge on any atom is 0.277 e. The van der Waals surface area contributed by atoms with E-state index in [1.54, 1.807) is 6.21 Å². The van der Waals surface area contributed by atoms with Crippen LogP contribution in [0.4, 0.5) is 0 Å². The Labute approximate surface area is 169 Å². The van der Waals surface area contributed by atoms with E-state index in [-0.39, 0.29) is 12.5 Å². The quantitative estimate of drug-likeness (QED) is 0.375. The van der Waals surface area contributed by atoms with Gasteiger partial charge in [0, 0.05) is 27.7 Å². The highest BCUT2D eigenvalue weighted by Crippen LogP contribution is 2.29. The number of H-pyrrole nitrogens is 1. The number of hydrogen-bond donors (Lipinski definition) is 2. The minimum atomic E-state index is -0.318. The minimum Gasteiger partial charge on any atom is -0.483 e. The summed E-state index contributed by atoms with van der Waals surface area (Å²) >= 11 is 0. The summed E-state index contributed by atoms with van der Waals surface area (Å²) in [6.07, 6.45) is 1.66. The highest BCUT2D eigenvalue weighted by molar-refractivity contribution is 6.00. The van der Waals surface area contributed by atoms with Crippen LogP contribution in [-0.4, -0.2) is 23.7 Å². The molecule has 2 N–H and O–H groups in total. The zero-order chi connectivity index (χ0) is 20.1. The molecular formula is C24H21N3O2. The minimum absolute atomic E-state index is 0.117. The van der Waals surface area contributed by atoms with Crippen LogP contribution in [0.3, 0.4) is 0 Å². The topological polar surface area (TPSA) is 66.5 Å². The van der Waals surface area contributed by atoms with Gasteiger partial charge < -0.3 is 9.72 Å². The van der Waals surface area contributed by atoms with E-state index in [9.17, 15) is 4.79 Å². The number of carbonyl (C=O) groups is 1. The number of nitrogens with zero attached hydrogens (tertiary/aromatic N) is 1. The van der Waals surface area contributed by atoms with Crippen molar-refractivity contribution in [3.05, 3.63) is 90.1 Å². The Kier molecular flexibility index (Phi) is 5.38. The molecule has 5 heteroatoms. The van der Waals surface area contributed by atoms with Gasteiger partial charge in [-0.1, -0.05) is 66.7 Å². The van der Waals surface area contributed by atoms with Gasteiger partial charge in [-0.05, 0) is 24.6 Å². The number of para-hydroxylation sites is 2. The van der Waals surface area contributed by atoms with E-state index < -0.39 is 0 Å². The van der Waals surface area contributed by atoms with Crippen LogP contribution in [0.1, 0.15) is 11.3 Å². The van der Waals surface area contributed by atoms with Crippen molar-refractivity contribution in [2.24, 2.45) is 5.10 Å². The lowest BCUT2D eigenvalue weighted by Gasteiger charge is -2.10. The zero-order valence-electron chi connectivity index (χ0n) is 16.1. The number of rotatable bonds is 6. The summed E-state index contributed by atoms with van der Waals surface area (Å²) < 4.78 is 5.74. The molecule has 0 unspecified atom stereocenters. The van der Waals surface area contributed by atoms with Crippen molar-refractivity contribution in [3.63, 3.8) is 0 Å². The molecule has 0 saturated heterocycles. The fourth-order valence-electron chi connectivity index (χ4n) is 3.26. The van der Waals surface area contributed by atoms with E-state index in [0.717, 1.165) is 33.3 Å². The molecule has 144 valence electrons. The fraction of sp³-hybridized carbons (Fsp3) is 0.0833. The average Bonchev–Trinajstić information content (AvgIpc) is 3.08. The van der Waals surface area contributed by atoms with Crippen LogP contribution in [0.25, 0.3) is 22.0 Å². The third-order valence-electron chi connectivity index (χ3n) is 4.66. The van der Waals surface area contributed by atoms with Crippen LogP contribution < -0.4 is 10.2 Å². The number of ether oxygens (including phenoxy) is 1. The summed E-state index contributed by atoms with van der Waals surface area (Å²) in [4.78, 5) is 15.5. The monoisotopic (exact) mass is 383 g/mol. The predicted octanol–water partition coefficient (Wildman–Crippen LogP) is 4.67. The van der Waals surface area contributed by atoms with Gasteiger partial charge >= 0.3 is 0 Å². The molecule has 0 aliphatic heterocycles. The Bertz CT molecular complexity index is 1160. The Morgan fingerprint density at radius 3 is 2.59 bits per heavy atom. The molecule has 3 aromatic carbocycles. The number of aromatic amines is 1. The standard InChI is InChI=1S/C24H21N3O2/c1-17-21(20-12-5-7-13-22(20)26-17)15-25-27-24(28)16-29-23-14-8-6-11-19(23)18-9-3-2-4-10-18/h2-15,26H,16H2,1H3,(H,27,28)/b25-15+. The maximum atomic E-state index is 12.2. The van der Waals surface area contributed by atoms with Gasteiger partial charge in [0.05, 0.1) is 6.21 Å². The molecule has 0 spiro atoms. The van der Waals surface area contributed by atoms with Crippen molar-refractivity contribution in [3.8, 4) is 16.9 Å². The molecule has 0 saturated carbocycles. The molecule has 1 amide bonds. The van der Waals surface area contributed by atoms with E-state index in [0.29, 0.717) is 5.75 Å². The van der Waals surface area contributed by atoms with E-state index in [1.807, 2.05) is 85.8 Å². The van der Waals surface area contributed by atoms with Crippen molar-refractivity contribution in [1.29, 1.82) is 0 Å². The van der Waals surface area contributed by atoms with Crippen molar-refractivity contribution >= 4 is 23.0 Å². The molecule has 4 aromatic rings. The summed E-state index contributed by atoms with van der Waals surface area (Å²) in [5.74, 6) is 0.340. The number of fused-ring (bicyclic) bond motifs is 1. The van der Waals surface area contributed by atoms with Crippen LogP contribution in [-0.2, 0) is 4.79 Å². The fourth-order valence-corrected chi connectivity index (χ4v) is 3.26. The number of benzene rings is 3. The first-order valence-corrected chi connectivity index (χ1v) is 9.39. The molecular weight excluding hydrogens is 362 g/mol. The third-order valence-corrected chi connectivity index (χ3v) is 4.66. The lowest BCUT2D eigenvalue weighted by atomic mass is 10.1. The van der Waals surface area contributed by atoms with Crippen LogP contribution in [0.15, 0.2) is 84.0 Å². The van der Waals surface area contributed by atoms with E-state index >= 15 is 0 Å². The Hall–Kier alpha value is -3.86. The number of carbonyl (C=O) groups excluding carboxylic acids is 1. The molecule has 4 rings (SSSR count). The first-order valence-electron chi connectivity index (χ1n) is 9.39. The highest BCUT2D eigenvalue weighted by Gasteiger charge is 2.08. The second kappa shape index (κ2) is 8.44. The Balaban J connectivity index is 1.40. The lowest BCUT2D eigenvalue weighted by Crippen LogP contribution is -2.24. The van der Waals surface area contributed by atoms with Gasteiger partial charge in [-0.25, -0.2) is 5.43 Å². The van der Waals surface area contributed by atoms with Crippen LogP contribution in [0.5, 0.6) is 5.75 Å². The molecule has 0 aliphatic rings. The van der Waals surface area contributed by atoms with Crippen LogP contribution in [0.2, 0.25) is 0 Å². The zero-order valence-corrected chi connectivity index (χ0v) is 16.1. The van der Waals surface area contributed by atoms with Crippen LogP contribution in [0, 0.1) is 6.92 Å². The van der Waals surface area contributed by atoms with Gasteiger partial charge in [0.1, 0.15) is 5.75 Å². The van der Waals surface area contributed by atoms with E-state index in [1.165, 1.54) is 0 Å².